The van der Waals surface area contributed by atoms with Crippen LogP contribution in [0.1, 0.15) is 18.4 Å². The number of urea groups is 1. The largest absolute Gasteiger partial charge is 0.381 e. The lowest BCUT2D eigenvalue weighted by atomic mass is 9.92. The zero-order chi connectivity index (χ0) is 15.3. The first-order valence-electron chi connectivity index (χ1n) is 8.06. The highest BCUT2D eigenvalue weighted by atomic mass is 16.5. The van der Waals surface area contributed by atoms with Crippen molar-refractivity contribution in [1.82, 2.24) is 10.2 Å². The molecule has 2 heterocycles. The van der Waals surface area contributed by atoms with Crippen LogP contribution in [-0.4, -0.2) is 56.0 Å². The van der Waals surface area contributed by atoms with Crippen molar-refractivity contribution in [3.8, 4) is 0 Å². The van der Waals surface area contributed by atoms with Gasteiger partial charge in [-0.25, -0.2) is 4.79 Å². The number of rotatable bonds is 3. The normalized spacial score (nSPS) is 20.8. The molecule has 1 aromatic carbocycles. The van der Waals surface area contributed by atoms with Crippen molar-refractivity contribution in [3.63, 3.8) is 0 Å². The number of hydrogen-bond donors (Lipinski definition) is 1. The number of carbonyl (C=O) groups is 1. The molecular formula is C17H24N2O3. The lowest BCUT2D eigenvalue weighted by molar-refractivity contribution is -0.145. The molecule has 2 amide bonds. The third-order valence-electron chi connectivity index (χ3n) is 4.47. The van der Waals surface area contributed by atoms with Crippen molar-refractivity contribution < 1.29 is 14.3 Å². The molecule has 0 radical (unpaired) electrons. The number of hydrogen-bond acceptors (Lipinski definition) is 3. The van der Waals surface area contributed by atoms with Gasteiger partial charge in [0.15, 0.2) is 0 Å². The van der Waals surface area contributed by atoms with Gasteiger partial charge in [-0.1, -0.05) is 30.3 Å². The molecule has 2 fully saturated rings. The summed E-state index contributed by atoms with van der Waals surface area (Å²) in [6.07, 6.45) is 2.61. The molecule has 120 valence electrons. The van der Waals surface area contributed by atoms with Crippen LogP contribution in [0.3, 0.4) is 0 Å². The van der Waals surface area contributed by atoms with Crippen LogP contribution in [0.4, 0.5) is 4.79 Å². The zero-order valence-electron chi connectivity index (χ0n) is 12.9. The van der Waals surface area contributed by atoms with Gasteiger partial charge in [0.2, 0.25) is 0 Å². The topological polar surface area (TPSA) is 50.8 Å². The summed E-state index contributed by atoms with van der Waals surface area (Å²) in [6, 6.07) is 10.2. The molecule has 1 spiro atoms. The summed E-state index contributed by atoms with van der Waals surface area (Å²) in [5.41, 5.74) is 1.05. The van der Waals surface area contributed by atoms with Crippen molar-refractivity contribution in [2.75, 3.05) is 39.5 Å². The van der Waals surface area contributed by atoms with Gasteiger partial charge < -0.3 is 19.7 Å². The van der Waals surface area contributed by atoms with E-state index in [0.717, 1.165) is 32.5 Å². The maximum absolute atomic E-state index is 12.3. The molecule has 5 nitrogen and oxygen atoms in total. The molecule has 5 heteroatoms. The smallest absolute Gasteiger partial charge is 0.317 e. The maximum Gasteiger partial charge on any atom is 0.317 e. The van der Waals surface area contributed by atoms with Crippen molar-refractivity contribution >= 4 is 6.03 Å². The molecule has 22 heavy (non-hydrogen) atoms. The van der Waals surface area contributed by atoms with Gasteiger partial charge >= 0.3 is 6.03 Å². The van der Waals surface area contributed by atoms with E-state index >= 15 is 0 Å². The number of carbonyl (C=O) groups excluding carboxylic acids is 1. The second-order valence-corrected chi connectivity index (χ2v) is 6.03. The Kier molecular flexibility index (Phi) is 4.95. The van der Waals surface area contributed by atoms with Gasteiger partial charge in [0, 0.05) is 39.1 Å². The van der Waals surface area contributed by atoms with Gasteiger partial charge in [0.1, 0.15) is 0 Å². The highest BCUT2D eigenvalue weighted by molar-refractivity contribution is 5.74. The molecule has 2 aliphatic rings. The first-order valence-corrected chi connectivity index (χ1v) is 8.06. The van der Waals surface area contributed by atoms with E-state index in [1.807, 2.05) is 23.1 Å². The summed E-state index contributed by atoms with van der Waals surface area (Å²) in [5.74, 6) is 0. The minimum atomic E-state index is -0.187. The van der Waals surface area contributed by atoms with Crippen LogP contribution in [0.25, 0.3) is 0 Å². The Morgan fingerprint density at radius 2 is 1.95 bits per heavy atom. The van der Waals surface area contributed by atoms with Gasteiger partial charge in [-0.15, -0.1) is 0 Å². The van der Waals surface area contributed by atoms with Crippen molar-refractivity contribution in [2.24, 2.45) is 0 Å². The fourth-order valence-corrected chi connectivity index (χ4v) is 3.13. The predicted octanol–water partition coefficient (Wildman–Crippen LogP) is 1.82. The van der Waals surface area contributed by atoms with Gasteiger partial charge in [-0.05, 0) is 12.0 Å². The van der Waals surface area contributed by atoms with E-state index in [-0.39, 0.29) is 11.6 Å². The zero-order valence-corrected chi connectivity index (χ0v) is 12.9. The molecule has 0 bridgehead atoms. The Bertz CT molecular complexity index is 480. The Labute approximate surface area is 131 Å². The predicted molar refractivity (Wildman–Crippen MR) is 83.9 cm³/mol. The first kappa shape index (κ1) is 15.3. The maximum atomic E-state index is 12.3. The number of benzene rings is 1. The summed E-state index contributed by atoms with van der Waals surface area (Å²) >= 11 is 0. The lowest BCUT2D eigenvalue weighted by Gasteiger charge is -2.44. The molecule has 0 atom stereocenters. The Balaban J connectivity index is 1.47. The van der Waals surface area contributed by atoms with Gasteiger partial charge in [0.05, 0.1) is 18.8 Å². The van der Waals surface area contributed by atoms with Crippen LogP contribution < -0.4 is 5.32 Å². The summed E-state index contributed by atoms with van der Waals surface area (Å²) in [7, 11) is 0. The number of ether oxygens (including phenoxy) is 2. The monoisotopic (exact) mass is 304 g/mol. The van der Waals surface area contributed by atoms with E-state index in [2.05, 4.69) is 17.4 Å². The van der Waals surface area contributed by atoms with Crippen molar-refractivity contribution in [3.05, 3.63) is 35.9 Å². The Morgan fingerprint density at radius 3 is 2.73 bits per heavy atom. The molecule has 3 rings (SSSR count). The summed E-state index contributed by atoms with van der Waals surface area (Å²) < 4.78 is 11.4. The van der Waals surface area contributed by atoms with E-state index < -0.39 is 0 Å². The summed E-state index contributed by atoms with van der Waals surface area (Å²) in [4.78, 5) is 14.2. The second-order valence-electron chi connectivity index (χ2n) is 6.03. The minimum absolute atomic E-state index is 0.0186. The third kappa shape index (κ3) is 3.78. The minimum Gasteiger partial charge on any atom is -0.381 e. The van der Waals surface area contributed by atoms with Crippen molar-refractivity contribution in [1.29, 1.82) is 0 Å². The van der Waals surface area contributed by atoms with Crippen LogP contribution in [0.5, 0.6) is 0 Å². The molecule has 0 unspecified atom stereocenters. The second kappa shape index (κ2) is 7.11. The van der Waals surface area contributed by atoms with Crippen LogP contribution in [-0.2, 0) is 15.9 Å². The molecule has 1 N–H and O–H groups in total. The molecular weight excluding hydrogens is 280 g/mol. The summed E-state index contributed by atoms with van der Waals surface area (Å²) in [5, 5.41) is 3.02. The first-order chi connectivity index (χ1) is 10.8. The van der Waals surface area contributed by atoms with E-state index in [1.165, 1.54) is 5.56 Å². The van der Waals surface area contributed by atoms with Gasteiger partial charge in [-0.2, -0.15) is 0 Å². The standard InChI is InChI=1S/C17H24N2O3/c20-16(18-9-6-15-4-2-1-3-5-15)19-10-13-22-17(14-19)7-11-21-12-8-17/h1-5H,6-14H2,(H,18,20). The van der Waals surface area contributed by atoms with Crippen LogP contribution >= 0.6 is 0 Å². The highest BCUT2D eigenvalue weighted by Crippen LogP contribution is 2.28. The summed E-state index contributed by atoms with van der Waals surface area (Å²) in [6.45, 7) is 4.07. The van der Waals surface area contributed by atoms with Crippen molar-refractivity contribution in [2.45, 2.75) is 24.9 Å². The molecule has 0 aliphatic carbocycles. The molecule has 2 aliphatic heterocycles. The van der Waals surface area contributed by atoms with Crippen LogP contribution in [0.15, 0.2) is 30.3 Å². The van der Waals surface area contributed by atoms with E-state index in [9.17, 15) is 4.79 Å². The number of amides is 2. The van der Waals surface area contributed by atoms with Crippen LogP contribution in [0.2, 0.25) is 0 Å². The Morgan fingerprint density at radius 1 is 1.18 bits per heavy atom. The fourth-order valence-electron chi connectivity index (χ4n) is 3.13. The highest BCUT2D eigenvalue weighted by Gasteiger charge is 2.39. The van der Waals surface area contributed by atoms with Crippen LogP contribution in [0, 0.1) is 0 Å². The average Bonchev–Trinajstić information content (AvgIpc) is 2.56. The fraction of sp³-hybridized carbons (Fsp3) is 0.588. The molecule has 0 saturated carbocycles. The number of nitrogens with zero attached hydrogens (tertiary/aromatic N) is 1. The van der Waals surface area contributed by atoms with E-state index in [0.29, 0.717) is 26.2 Å². The number of nitrogens with one attached hydrogen (secondary N) is 1. The van der Waals surface area contributed by atoms with E-state index in [1.54, 1.807) is 0 Å². The van der Waals surface area contributed by atoms with Gasteiger partial charge in [-0.3, -0.25) is 0 Å². The molecule has 2 saturated heterocycles. The SMILES string of the molecule is O=C(NCCc1ccccc1)N1CCOC2(CCOCC2)C1. The molecule has 1 aromatic rings. The average molecular weight is 304 g/mol. The quantitative estimate of drug-likeness (QED) is 0.927. The van der Waals surface area contributed by atoms with E-state index in [4.69, 9.17) is 9.47 Å². The number of morpholine rings is 1. The third-order valence-corrected chi connectivity index (χ3v) is 4.47. The van der Waals surface area contributed by atoms with Gasteiger partial charge in [0.25, 0.3) is 0 Å². The Hall–Kier alpha value is -1.59. The molecule has 0 aromatic heterocycles. The lowest BCUT2D eigenvalue weighted by Crippen LogP contribution is -2.57.